The lowest BCUT2D eigenvalue weighted by Crippen LogP contribution is -2.14. The van der Waals surface area contributed by atoms with Crippen molar-refractivity contribution in [3.63, 3.8) is 0 Å². The van der Waals surface area contributed by atoms with Crippen molar-refractivity contribution in [2.45, 2.75) is 32.1 Å². The maximum absolute atomic E-state index is 13.1. The quantitative estimate of drug-likeness (QED) is 0.702. The normalized spacial score (nSPS) is 14.9. The van der Waals surface area contributed by atoms with Gasteiger partial charge < -0.3 is 9.84 Å². The number of carbonyl (C=O) groups is 1. The van der Waals surface area contributed by atoms with Crippen LogP contribution in [0.5, 0.6) is 0 Å². The van der Waals surface area contributed by atoms with Crippen molar-refractivity contribution in [1.82, 2.24) is 10.1 Å². The number of hydrogen-bond donors (Lipinski definition) is 1. The molecule has 26 heavy (non-hydrogen) atoms. The molecule has 6 heteroatoms. The summed E-state index contributed by atoms with van der Waals surface area (Å²) in [6.45, 7) is 4.05. The summed E-state index contributed by atoms with van der Waals surface area (Å²) in [4.78, 5) is 15.3. The Morgan fingerprint density at radius 3 is 2.38 bits per heavy atom. The third-order valence-corrected chi connectivity index (χ3v) is 4.92. The van der Waals surface area contributed by atoms with Crippen molar-refractivity contribution in [3.8, 4) is 11.4 Å². The fourth-order valence-electron chi connectivity index (χ4n) is 3.70. The molecule has 0 spiro atoms. The molecule has 1 aliphatic rings. The fraction of sp³-hybridized carbons (Fsp3) is 0.250. The first-order valence-electron chi connectivity index (χ1n) is 8.45. The first kappa shape index (κ1) is 16.4. The van der Waals surface area contributed by atoms with Crippen LogP contribution >= 0.6 is 0 Å². The number of aryl methyl sites for hydroxylation is 2. The lowest BCUT2D eigenvalue weighted by atomic mass is 9.87. The number of benzene rings is 2. The van der Waals surface area contributed by atoms with E-state index in [1.165, 1.54) is 17.7 Å². The molecule has 0 bridgehead atoms. The van der Waals surface area contributed by atoms with Gasteiger partial charge in [0.05, 0.1) is 5.41 Å². The molecule has 0 atom stereocenters. The summed E-state index contributed by atoms with van der Waals surface area (Å²) in [6, 6.07) is 9.94. The number of aromatic nitrogens is 2. The van der Waals surface area contributed by atoms with Crippen LogP contribution in [0.4, 0.5) is 10.1 Å². The molecule has 2 aromatic carbocycles. The van der Waals surface area contributed by atoms with Crippen molar-refractivity contribution in [3.05, 3.63) is 64.8 Å². The molecule has 1 saturated carbocycles. The molecule has 3 aromatic rings. The topological polar surface area (TPSA) is 68.0 Å². The van der Waals surface area contributed by atoms with Crippen LogP contribution in [0, 0.1) is 19.7 Å². The summed E-state index contributed by atoms with van der Waals surface area (Å²) in [5.41, 5.74) is 4.53. The number of anilines is 1. The molecule has 1 aromatic heterocycles. The van der Waals surface area contributed by atoms with Crippen LogP contribution in [0.2, 0.25) is 0 Å². The second-order valence-electron chi connectivity index (χ2n) is 6.76. The largest absolute Gasteiger partial charge is 0.338 e. The first-order valence-corrected chi connectivity index (χ1v) is 8.45. The van der Waals surface area contributed by atoms with Crippen LogP contribution in [-0.4, -0.2) is 16.6 Å². The molecule has 4 rings (SSSR count). The Hall–Kier alpha value is -3.02. The number of hydrogen-bond acceptors (Lipinski definition) is 4. The van der Waals surface area contributed by atoms with E-state index in [0.29, 0.717) is 18.1 Å². The van der Waals surface area contributed by atoms with Gasteiger partial charge in [0.15, 0.2) is 0 Å². The summed E-state index contributed by atoms with van der Waals surface area (Å²) in [5, 5.41) is 6.78. The van der Waals surface area contributed by atoms with Gasteiger partial charge in [-0.2, -0.15) is 4.98 Å². The number of nitrogens with one attached hydrogen (secondary N) is 1. The van der Waals surface area contributed by atoms with Crippen molar-refractivity contribution >= 4 is 12.1 Å². The zero-order chi connectivity index (χ0) is 18.3. The van der Waals surface area contributed by atoms with E-state index < -0.39 is 0 Å². The van der Waals surface area contributed by atoms with Crippen molar-refractivity contribution < 1.29 is 13.7 Å². The zero-order valence-corrected chi connectivity index (χ0v) is 14.5. The average molecular weight is 351 g/mol. The summed E-state index contributed by atoms with van der Waals surface area (Å²) >= 11 is 0. The van der Waals surface area contributed by atoms with E-state index in [4.69, 9.17) is 4.52 Å². The molecular weight excluding hydrogens is 333 g/mol. The Kier molecular flexibility index (Phi) is 3.83. The third-order valence-electron chi connectivity index (χ3n) is 4.92. The highest BCUT2D eigenvalue weighted by Gasteiger charge is 2.52. The maximum Gasteiger partial charge on any atom is 0.237 e. The Bertz CT molecular complexity index is 952. The number of nitrogens with zero attached hydrogens (tertiary/aromatic N) is 2. The molecule has 0 saturated heterocycles. The van der Waals surface area contributed by atoms with Gasteiger partial charge in [-0.25, -0.2) is 4.39 Å². The second-order valence-corrected chi connectivity index (χ2v) is 6.76. The smallest absolute Gasteiger partial charge is 0.237 e. The molecule has 1 heterocycles. The highest BCUT2D eigenvalue weighted by atomic mass is 19.1. The minimum absolute atomic E-state index is 0.279. The monoisotopic (exact) mass is 351 g/mol. The Balaban J connectivity index is 1.72. The molecule has 132 valence electrons. The van der Waals surface area contributed by atoms with Crippen LogP contribution in [0.1, 0.15) is 35.4 Å². The molecule has 1 N–H and O–H groups in total. The summed E-state index contributed by atoms with van der Waals surface area (Å²) in [7, 11) is 0. The second kappa shape index (κ2) is 6.05. The van der Waals surface area contributed by atoms with Crippen molar-refractivity contribution in [1.29, 1.82) is 0 Å². The zero-order valence-electron chi connectivity index (χ0n) is 14.5. The van der Waals surface area contributed by atoms with E-state index in [1.807, 2.05) is 26.0 Å². The Morgan fingerprint density at radius 2 is 1.81 bits per heavy atom. The number of halogens is 1. The van der Waals surface area contributed by atoms with Gasteiger partial charge in [-0.15, -0.1) is 0 Å². The van der Waals surface area contributed by atoms with Crippen LogP contribution < -0.4 is 5.32 Å². The molecule has 0 aliphatic heterocycles. The lowest BCUT2D eigenvalue weighted by Gasteiger charge is -2.18. The van der Waals surface area contributed by atoms with E-state index in [9.17, 15) is 9.18 Å². The van der Waals surface area contributed by atoms with E-state index in [2.05, 4.69) is 15.5 Å². The van der Waals surface area contributed by atoms with Gasteiger partial charge in [0.1, 0.15) is 5.82 Å². The minimum atomic E-state index is -0.300. The molecule has 5 nitrogen and oxygen atoms in total. The van der Waals surface area contributed by atoms with E-state index >= 15 is 0 Å². The standard InChI is InChI=1S/C20H18FN3O2/c1-12-9-16(22-11-25)10-13(2)17(12)20(7-8-20)19-23-18(24-26-19)14-3-5-15(21)6-4-14/h3-6,9-11H,7-8H2,1-2H3,(H,22,25). The van der Waals surface area contributed by atoms with Gasteiger partial charge in [-0.3, -0.25) is 4.79 Å². The summed E-state index contributed by atoms with van der Waals surface area (Å²) in [6.07, 6.45) is 2.54. The average Bonchev–Trinajstić information content (AvgIpc) is 3.23. The van der Waals surface area contributed by atoms with Gasteiger partial charge in [-0.1, -0.05) is 5.16 Å². The minimum Gasteiger partial charge on any atom is -0.338 e. The van der Waals surface area contributed by atoms with Crippen LogP contribution in [0.25, 0.3) is 11.4 Å². The summed E-state index contributed by atoms with van der Waals surface area (Å²) in [5.74, 6) is 0.742. The number of rotatable bonds is 5. The predicted octanol–water partition coefficient (Wildman–Crippen LogP) is 4.14. The van der Waals surface area contributed by atoms with Crippen molar-refractivity contribution in [2.24, 2.45) is 0 Å². The molecule has 1 aliphatic carbocycles. The predicted molar refractivity (Wildman–Crippen MR) is 95.3 cm³/mol. The fourth-order valence-corrected chi connectivity index (χ4v) is 3.70. The van der Waals surface area contributed by atoms with Gasteiger partial charge in [0.25, 0.3) is 0 Å². The molecular formula is C20H18FN3O2. The highest BCUT2D eigenvalue weighted by molar-refractivity contribution is 5.73. The van der Waals surface area contributed by atoms with Crippen LogP contribution in [0.15, 0.2) is 40.9 Å². The van der Waals surface area contributed by atoms with Gasteiger partial charge in [0.2, 0.25) is 18.1 Å². The first-order chi connectivity index (χ1) is 12.5. The third kappa shape index (κ3) is 2.67. The van der Waals surface area contributed by atoms with E-state index in [0.717, 1.165) is 35.2 Å². The number of carbonyl (C=O) groups excluding carboxylic acids is 1. The van der Waals surface area contributed by atoms with Crippen LogP contribution in [-0.2, 0) is 10.2 Å². The Morgan fingerprint density at radius 1 is 1.15 bits per heavy atom. The molecule has 0 unspecified atom stereocenters. The van der Waals surface area contributed by atoms with Crippen molar-refractivity contribution in [2.75, 3.05) is 5.32 Å². The number of amides is 1. The maximum atomic E-state index is 13.1. The molecule has 1 amide bonds. The van der Waals surface area contributed by atoms with Crippen LogP contribution in [0.3, 0.4) is 0 Å². The lowest BCUT2D eigenvalue weighted by molar-refractivity contribution is -0.105. The van der Waals surface area contributed by atoms with E-state index in [1.54, 1.807) is 12.1 Å². The summed E-state index contributed by atoms with van der Waals surface area (Å²) < 4.78 is 18.7. The van der Waals surface area contributed by atoms with Gasteiger partial charge in [0, 0.05) is 11.3 Å². The SMILES string of the molecule is Cc1cc(NC=O)cc(C)c1C1(c2nc(-c3ccc(F)cc3)no2)CC1. The molecule has 1 fully saturated rings. The molecule has 0 radical (unpaired) electrons. The van der Waals surface area contributed by atoms with E-state index in [-0.39, 0.29) is 11.2 Å². The highest BCUT2D eigenvalue weighted by Crippen LogP contribution is 2.55. The van der Waals surface area contributed by atoms with Gasteiger partial charge in [-0.05, 0) is 79.8 Å². The Labute approximate surface area is 150 Å². The van der Waals surface area contributed by atoms with Gasteiger partial charge >= 0.3 is 0 Å².